The Bertz CT molecular complexity index is 879. The molecule has 0 unspecified atom stereocenters. The van der Waals surface area contributed by atoms with Crippen LogP contribution in [0.25, 0.3) is 0 Å². The van der Waals surface area contributed by atoms with Gasteiger partial charge >= 0.3 is 0 Å². The molecule has 3 rings (SSSR count). The molecule has 0 bridgehead atoms. The maximum Gasteiger partial charge on any atom is 0.240 e. The molecule has 0 aliphatic carbocycles. The Morgan fingerprint density at radius 1 is 1.00 bits per heavy atom. The second kappa shape index (κ2) is 8.10. The van der Waals surface area contributed by atoms with Gasteiger partial charge in [0.2, 0.25) is 5.91 Å². The summed E-state index contributed by atoms with van der Waals surface area (Å²) >= 11 is 6.36. The smallest absolute Gasteiger partial charge is 0.240 e. The summed E-state index contributed by atoms with van der Waals surface area (Å²) in [7, 11) is -3.69. The standard InChI is InChI=1S/C19H21ClN2O3S/c20-16-10-7-11-17(19(16)22-12-5-2-6-13-22)21-18(23)14-26(24,25)15-8-3-1-4-9-15/h1,3-4,7-11H,2,5-6,12-14H2,(H,21,23). The highest BCUT2D eigenvalue weighted by atomic mass is 35.5. The summed E-state index contributed by atoms with van der Waals surface area (Å²) in [6.45, 7) is 1.74. The van der Waals surface area contributed by atoms with Crippen molar-refractivity contribution >= 4 is 38.7 Å². The van der Waals surface area contributed by atoms with Crippen molar-refractivity contribution in [3.05, 3.63) is 53.6 Å². The number of nitrogens with one attached hydrogen (secondary N) is 1. The van der Waals surface area contributed by atoms with Gasteiger partial charge in [0.1, 0.15) is 5.75 Å². The molecule has 0 spiro atoms. The van der Waals surface area contributed by atoms with E-state index in [1.807, 2.05) is 0 Å². The van der Waals surface area contributed by atoms with Crippen molar-refractivity contribution in [1.82, 2.24) is 0 Å². The molecule has 2 aromatic rings. The summed E-state index contributed by atoms with van der Waals surface area (Å²) in [5.41, 5.74) is 1.31. The molecule has 1 aliphatic rings. The van der Waals surface area contributed by atoms with Crippen molar-refractivity contribution in [2.24, 2.45) is 0 Å². The lowest BCUT2D eigenvalue weighted by Crippen LogP contribution is -2.31. The summed E-state index contributed by atoms with van der Waals surface area (Å²) < 4.78 is 24.8. The molecule has 2 aromatic carbocycles. The van der Waals surface area contributed by atoms with Gasteiger partial charge in [-0.05, 0) is 43.5 Å². The molecule has 26 heavy (non-hydrogen) atoms. The number of anilines is 2. The molecule has 0 atom stereocenters. The molecule has 1 amide bonds. The SMILES string of the molecule is O=C(CS(=O)(=O)c1ccccc1)Nc1cccc(Cl)c1N1CCCCC1. The third-order valence-electron chi connectivity index (χ3n) is 4.36. The van der Waals surface area contributed by atoms with E-state index in [4.69, 9.17) is 11.6 Å². The van der Waals surface area contributed by atoms with Crippen molar-refractivity contribution in [3.8, 4) is 0 Å². The zero-order valence-electron chi connectivity index (χ0n) is 14.3. The van der Waals surface area contributed by atoms with Crippen LogP contribution in [0.15, 0.2) is 53.4 Å². The summed E-state index contributed by atoms with van der Waals surface area (Å²) in [6.07, 6.45) is 3.32. The average Bonchev–Trinajstić information content (AvgIpc) is 2.63. The number of nitrogens with zero attached hydrogens (tertiary/aromatic N) is 1. The molecule has 1 aliphatic heterocycles. The van der Waals surface area contributed by atoms with E-state index in [0.29, 0.717) is 10.7 Å². The predicted molar refractivity (Wildman–Crippen MR) is 105 cm³/mol. The first-order chi connectivity index (χ1) is 12.5. The lowest BCUT2D eigenvalue weighted by molar-refractivity contribution is -0.113. The zero-order valence-corrected chi connectivity index (χ0v) is 15.9. The number of sulfone groups is 1. The van der Waals surface area contributed by atoms with Gasteiger partial charge in [0, 0.05) is 13.1 Å². The molecule has 5 nitrogen and oxygen atoms in total. The van der Waals surface area contributed by atoms with Gasteiger partial charge in [-0.2, -0.15) is 0 Å². The van der Waals surface area contributed by atoms with E-state index in [9.17, 15) is 13.2 Å². The fourth-order valence-electron chi connectivity index (χ4n) is 3.13. The average molecular weight is 393 g/mol. The maximum atomic E-state index is 12.4. The van der Waals surface area contributed by atoms with E-state index in [2.05, 4.69) is 10.2 Å². The van der Waals surface area contributed by atoms with Crippen LogP contribution >= 0.6 is 11.6 Å². The largest absolute Gasteiger partial charge is 0.369 e. The number of hydrogen-bond acceptors (Lipinski definition) is 4. The summed E-state index contributed by atoms with van der Waals surface area (Å²) in [4.78, 5) is 14.7. The van der Waals surface area contributed by atoms with Crippen molar-refractivity contribution in [3.63, 3.8) is 0 Å². The van der Waals surface area contributed by atoms with E-state index in [0.717, 1.165) is 31.6 Å². The molecule has 0 radical (unpaired) electrons. The normalized spacial score (nSPS) is 14.9. The fourth-order valence-corrected chi connectivity index (χ4v) is 4.58. The number of rotatable bonds is 5. The first kappa shape index (κ1) is 18.7. The van der Waals surface area contributed by atoms with E-state index in [1.165, 1.54) is 18.6 Å². The quantitative estimate of drug-likeness (QED) is 0.841. The van der Waals surface area contributed by atoms with E-state index in [-0.39, 0.29) is 4.90 Å². The molecular formula is C19H21ClN2O3S. The molecule has 0 aromatic heterocycles. The Morgan fingerprint density at radius 2 is 1.69 bits per heavy atom. The highest BCUT2D eigenvalue weighted by Crippen LogP contribution is 2.35. The maximum absolute atomic E-state index is 12.4. The molecule has 138 valence electrons. The number of amides is 1. The van der Waals surface area contributed by atoms with Crippen molar-refractivity contribution in [2.75, 3.05) is 29.1 Å². The minimum Gasteiger partial charge on any atom is -0.369 e. The number of carbonyl (C=O) groups excluding carboxylic acids is 1. The second-order valence-corrected chi connectivity index (χ2v) is 8.70. The molecule has 0 saturated carbocycles. The van der Waals surface area contributed by atoms with Gasteiger partial charge in [-0.15, -0.1) is 0 Å². The second-order valence-electron chi connectivity index (χ2n) is 6.30. The van der Waals surface area contributed by atoms with Crippen LogP contribution in [0.3, 0.4) is 0 Å². The summed E-state index contributed by atoms with van der Waals surface area (Å²) in [5.74, 6) is -1.18. The van der Waals surface area contributed by atoms with Crippen LogP contribution in [0, 0.1) is 0 Å². The number of hydrogen-bond donors (Lipinski definition) is 1. The van der Waals surface area contributed by atoms with E-state index in [1.54, 1.807) is 36.4 Å². The van der Waals surface area contributed by atoms with Crippen LogP contribution in [0.2, 0.25) is 5.02 Å². The first-order valence-corrected chi connectivity index (χ1v) is 10.6. The van der Waals surface area contributed by atoms with Crippen molar-refractivity contribution in [2.45, 2.75) is 24.2 Å². The molecule has 1 heterocycles. The highest BCUT2D eigenvalue weighted by Gasteiger charge is 2.22. The van der Waals surface area contributed by atoms with Crippen LogP contribution in [0.1, 0.15) is 19.3 Å². The lowest BCUT2D eigenvalue weighted by Gasteiger charge is -2.31. The summed E-state index contributed by atoms with van der Waals surface area (Å²) in [5, 5.41) is 3.28. The van der Waals surface area contributed by atoms with Crippen molar-refractivity contribution in [1.29, 1.82) is 0 Å². The molecule has 7 heteroatoms. The van der Waals surface area contributed by atoms with Crippen LogP contribution in [-0.4, -0.2) is 33.2 Å². The predicted octanol–water partition coefficient (Wildman–Crippen LogP) is 3.74. The Morgan fingerprint density at radius 3 is 2.38 bits per heavy atom. The minimum atomic E-state index is -3.69. The Labute approximate surface area is 158 Å². The number of benzene rings is 2. The third-order valence-corrected chi connectivity index (χ3v) is 6.29. The van der Waals surface area contributed by atoms with Gasteiger partial charge < -0.3 is 10.2 Å². The van der Waals surface area contributed by atoms with E-state index >= 15 is 0 Å². The highest BCUT2D eigenvalue weighted by molar-refractivity contribution is 7.92. The van der Waals surface area contributed by atoms with Gasteiger partial charge in [-0.3, -0.25) is 4.79 Å². The van der Waals surface area contributed by atoms with Gasteiger partial charge in [0.05, 0.1) is 21.3 Å². The fraction of sp³-hybridized carbons (Fsp3) is 0.316. The Kier molecular flexibility index (Phi) is 5.84. The topological polar surface area (TPSA) is 66.5 Å². The Hall–Kier alpha value is -2.05. The first-order valence-electron chi connectivity index (χ1n) is 8.58. The molecular weight excluding hydrogens is 372 g/mol. The number of carbonyl (C=O) groups is 1. The molecule has 1 saturated heterocycles. The number of para-hydroxylation sites is 1. The number of piperidine rings is 1. The molecule has 1 fully saturated rings. The monoisotopic (exact) mass is 392 g/mol. The van der Waals surface area contributed by atoms with Crippen molar-refractivity contribution < 1.29 is 13.2 Å². The van der Waals surface area contributed by atoms with Crippen LogP contribution < -0.4 is 10.2 Å². The van der Waals surface area contributed by atoms with Gasteiger partial charge in [0.15, 0.2) is 9.84 Å². The van der Waals surface area contributed by atoms with Gasteiger partial charge in [-0.1, -0.05) is 35.9 Å². The number of halogens is 1. The van der Waals surface area contributed by atoms with Gasteiger partial charge in [-0.25, -0.2) is 8.42 Å². The summed E-state index contributed by atoms with van der Waals surface area (Å²) in [6, 6.07) is 13.3. The van der Waals surface area contributed by atoms with E-state index < -0.39 is 21.5 Å². The van der Waals surface area contributed by atoms with Gasteiger partial charge in [0.25, 0.3) is 0 Å². The van der Waals surface area contributed by atoms with Crippen LogP contribution in [0.4, 0.5) is 11.4 Å². The zero-order chi connectivity index (χ0) is 18.6. The minimum absolute atomic E-state index is 0.137. The lowest BCUT2D eigenvalue weighted by atomic mass is 10.1. The Balaban J connectivity index is 1.78. The third kappa shape index (κ3) is 4.37. The van der Waals surface area contributed by atoms with Crippen LogP contribution in [0.5, 0.6) is 0 Å². The van der Waals surface area contributed by atoms with Crippen LogP contribution in [-0.2, 0) is 14.6 Å². The molecule has 1 N–H and O–H groups in total.